The largest absolute Gasteiger partial charge is 0.346 e. The molecule has 3 aliphatic carbocycles. The molecule has 33 heavy (non-hydrogen) atoms. The maximum Gasteiger partial charge on any atom is 0.346 e. The molecular formula is C28H36F4O. The summed E-state index contributed by atoms with van der Waals surface area (Å²) < 4.78 is 62.5. The van der Waals surface area contributed by atoms with Crippen molar-refractivity contribution in [2.24, 2.45) is 17.8 Å². The first-order chi connectivity index (χ1) is 16.0. The van der Waals surface area contributed by atoms with Gasteiger partial charge in [-0.1, -0.05) is 94.5 Å². The molecule has 0 bridgehead atoms. The highest BCUT2D eigenvalue weighted by molar-refractivity contribution is 5.41. The summed E-state index contributed by atoms with van der Waals surface area (Å²) in [5.74, 6) is -1.67. The molecule has 0 heterocycles. The van der Waals surface area contributed by atoms with Gasteiger partial charge in [-0.25, -0.2) is 8.78 Å². The number of unbranched alkanes of at least 4 members (excludes halogenated alkanes) is 1. The van der Waals surface area contributed by atoms with Gasteiger partial charge < -0.3 is 4.74 Å². The molecule has 1 aromatic rings. The Morgan fingerprint density at radius 3 is 1.88 bits per heavy atom. The van der Waals surface area contributed by atoms with Crippen LogP contribution in [0.15, 0.2) is 54.1 Å². The van der Waals surface area contributed by atoms with Crippen molar-refractivity contribution < 1.29 is 22.3 Å². The Morgan fingerprint density at radius 2 is 1.33 bits per heavy atom. The van der Waals surface area contributed by atoms with Gasteiger partial charge in [0.15, 0.2) is 5.60 Å². The normalized spacial score (nSPS) is 31.0. The lowest BCUT2D eigenvalue weighted by molar-refractivity contribution is -0.215. The van der Waals surface area contributed by atoms with Gasteiger partial charge in [0.1, 0.15) is 11.7 Å². The van der Waals surface area contributed by atoms with Gasteiger partial charge in [-0.15, -0.1) is 0 Å². The zero-order valence-corrected chi connectivity index (χ0v) is 19.3. The number of halogens is 4. The Balaban J connectivity index is 1.38. The molecule has 0 amide bonds. The molecule has 0 N–H and O–H groups in total. The second-order valence-corrected chi connectivity index (χ2v) is 10.2. The molecule has 0 aliphatic heterocycles. The van der Waals surface area contributed by atoms with E-state index in [0.29, 0.717) is 18.8 Å². The third kappa shape index (κ3) is 5.72. The van der Waals surface area contributed by atoms with Crippen molar-refractivity contribution in [1.82, 2.24) is 0 Å². The molecule has 0 spiro atoms. The summed E-state index contributed by atoms with van der Waals surface area (Å²) in [6, 6.07) is 8.96. The van der Waals surface area contributed by atoms with E-state index in [0.717, 1.165) is 30.7 Å². The number of hydrogen-bond acceptors (Lipinski definition) is 1. The first-order valence-electron chi connectivity index (χ1n) is 12.8. The molecule has 0 radical (unpaired) electrons. The molecule has 182 valence electrons. The number of rotatable bonds is 9. The molecule has 0 saturated heterocycles. The van der Waals surface area contributed by atoms with Crippen molar-refractivity contribution in [2.75, 3.05) is 0 Å². The molecule has 1 aromatic carbocycles. The summed E-state index contributed by atoms with van der Waals surface area (Å²) in [6.07, 6.45) is 15.5. The quantitative estimate of drug-likeness (QED) is 0.262. The summed E-state index contributed by atoms with van der Waals surface area (Å²) in [4.78, 5) is 0. The van der Waals surface area contributed by atoms with Crippen LogP contribution >= 0.6 is 0 Å². The van der Waals surface area contributed by atoms with Crippen LogP contribution in [0, 0.1) is 17.8 Å². The van der Waals surface area contributed by atoms with Crippen molar-refractivity contribution in [2.45, 2.75) is 95.2 Å². The van der Waals surface area contributed by atoms with E-state index in [1.165, 1.54) is 57.1 Å². The Morgan fingerprint density at radius 1 is 0.788 bits per heavy atom. The summed E-state index contributed by atoms with van der Waals surface area (Å²) in [6.45, 7) is -3.25. The third-order valence-electron chi connectivity index (χ3n) is 8.19. The minimum absolute atomic E-state index is 0.499. The maximum absolute atomic E-state index is 15.4. The molecule has 5 heteroatoms. The second kappa shape index (κ2) is 11.2. The first kappa shape index (κ1) is 24.5. The minimum Gasteiger partial charge on any atom is -0.301 e. The average Bonchev–Trinajstić information content (AvgIpc) is 3.33. The van der Waals surface area contributed by atoms with Crippen LogP contribution in [0.4, 0.5) is 17.6 Å². The smallest absolute Gasteiger partial charge is 0.301 e. The molecule has 1 nitrogen and oxygen atoms in total. The number of hydrogen-bond donors (Lipinski definition) is 0. The summed E-state index contributed by atoms with van der Waals surface area (Å²) in [5.41, 5.74) is -1.57. The van der Waals surface area contributed by atoms with Crippen LogP contribution < -0.4 is 0 Å². The Labute approximate surface area is 195 Å². The molecule has 2 saturated carbocycles. The SMILES string of the molecule is FC1=CC(c2ccccc2)C=C(F)C1(OC(F)F)C1CCC(CCCCC2CCCC2)CC1. The molecule has 0 atom stereocenters. The number of alkyl halides is 2. The van der Waals surface area contributed by atoms with Gasteiger partial charge in [-0.05, 0) is 42.4 Å². The van der Waals surface area contributed by atoms with Crippen LogP contribution in [0.3, 0.4) is 0 Å². The Bertz CT molecular complexity index is 784. The number of allylic oxidation sites excluding steroid dienone is 2. The van der Waals surface area contributed by atoms with Crippen LogP contribution in [-0.2, 0) is 4.74 Å². The van der Waals surface area contributed by atoms with Crippen molar-refractivity contribution in [3.05, 3.63) is 59.7 Å². The van der Waals surface area contributed by atoms with Crippen LogP contribution in [0.1, 0.15) is 88.5 Å². The third-order valence-corrected chi connectivity index (χ3v) is 8.19. The van der Waals surface area contributed by atoms with Crippen molar-refractivity contribution in [3.63, 3.8) is 0 Å². The highest BCUT2D eigenvalue weighted by Crippen LogP contribution is 2.51. The van der Waals surface area contributed by atoms with Gasteiger partial charge in [0.2, 0.25) is 0 Å². The van der Waals surface area contributed by atoms with Crippen molar-refractivity contribution in [3.8, 4) is 0 Å². The van der Waals surface area contributed by atoms with E-state index in [-0.39, 0.29) is 0 Å². The van der Waals surface area contributed by atoms with E-state index < -0.39 is 35.7 Å². The zero-order chi connectivity index (χ0) is 23.3. The van der Waals surface area contributed by atoms with Crippen molar-refractivity contribution in [1.29, 1.82) is 0 Å². The van der Waals surface area contributed by atoms with Gasteiger partial charge in [0.25, 0.3) is 0 Å². The fourth-order valence-corrected chi connectivity index (χ4v) is 6.35. The van der Waals surface area contributed by atoms with Crippen LogP contribution in [0.2, 0.25) is 0 Å². The molecule has 0 aromatic heterocycles. The highest BCUT2D eigenvalue weighted by Gasteiger charge is 2.53. The molecule has 3 aliphatic rings. The van der Waals surface area contributed by atoms with Crippen molar-refractivity contribution >= 4 is 0 Å². The lowest BCUT2D eigenvalue weighted by atomic mass is 9.69. The zero-order valence-electron chi connectivity index (χ0n) is 19.3. The average molecular weight is 465 g/mol. The molecule has 4 rings (SSSR count). The number of ether oxygens (including phenoxy) is 1. The van der Waals surface area contributed by atoms with E-state index >= 15 is 8.78 Å². The summed E-state index contributed by atoms with van der Waals surface area (Å²) >= 11 is 0. The lowest BCUT2D eigenvalue weighted by Gasteiger charge is -2.43. The number of benzene rings is 1. The minimum atomic E-state index is -3.25. The van der Waals surface area contributed by atoms with E-state index in [2.05, 4.69) is 0 Å². The maximum atomic E-state index is 15.4. The Kier molecular flexibility index (Phi) is 8.32. The topological polar surface area (TPSA) is 9.23 Å². The molecule has 2 fully saturated rings. The van der Waals surface area contributed by atoms with Gasteiger partial charge in [0.05, 0.1) is 0 Å². The highest BCUT2D eigenvalue weighted by atomic mass is 19.3. The predicted octanol–water partition coefficient (Wildman–Crippen LogP) is 9.03. The molecular weight excluding hydrogens is 428 g/mol. The van der Waals surface area contributed by atoms with Crippen LogP contribution in [-0.4, -0.2) is 12.2 Å². The standard InChI is InChI=1S/C28H36F4O/c29-25-18-23(22-12-2-1-3-13-22)19-26(30)28(25,33-27(31)32)24-16-14-21(15-17-24)11-7-6-10-20-8-4-5-9-20/h1-3,12-13,18-21,23-24,27H,4-11,14-17H2. The fourth-order valence-electron chi connectivity index (χ4n) is 6.35. The van der Waals surface area contributed by atoms with Gasteiger partial charge >= 0.3 is 6.61 Å². The van der Waals surface area contributed by atoms with Crippen LogP contribution in [0.25, 0.3) is 0 Å². The van der Waals surface area contributed by atoms with E-state index in [4.69, 9.17) is 4.74 Å². The van der Waals surface area contributed by atoms with Crippen LogP contribution in [0.5, 0.6) is 0 Å². The second-order valence-electron chi connectivity index (χ2n) is 10.2. The lowest BCUT2D eigenvalue weighted by Crippen LogP contribution is -2.47. The van der Waals surface area contributed by atoms with Gasteiger partial charge in [0, 0.05) is 11.8 Å². The van der Waals surface area contributed by atoms with Gasteiger partial charge in [-0.3, -0.25) is 0 Å². The Hall–Kier alpha value is -1.62. The summed E-state index contributed by atoms with van der Waals surface area (Å²) in [7, 11) is 0. The fraction of sp³-hybridized carbons (Fsp3) is 0.643. The predicted molar refractivity (Wildman–Crippen MR) is 123 cm³/mol. The van der Waals surface area contributed by atoms with Gasteiger partial charge in [-0.2, -0.15) is 8.78 Å². The summed E-state index contributed by atoms with van der Waals surface area (Å²) in [5, 5.41) is 0. The van der Waals surface area contributed by atoms with E-state index in [9.17, 15) is 8.78 Å². The first-order valence-corrected chi connectivity index (χ1v) is 12.8. The molecule has 0 unspecified atom stereocenters. The van der Waals surface area contributed by atoms with E-state index in [1.807, 2.05) is 6.07 Å². The van der Waals surface area contributed by atoms with E-state index in [1.54, 1.807) is 24.3 Å². The monoisotopic (exact) mass is 464 g/mol.